The smallest absolute Gasteiger partial charge is 0.238 e. The number of carbonyl (C=O) groups is 2. The number of nitrogens with zero attached hydrogens (tertiary/aromatic N) is 1. The topological polar surface area (TPSA) is 70.7 Å². The molecule has 0 heterocycles. The minimum absolute atomic E-state index is 0.0161. The van der Waals surface area contributed by atoms with Gasteiger partial charge in [-0.25, -0.2) is 0 Å². The number of benzene rings is 1. The number of likely N-dealkylation sites (N-methyl/N-ethyl adjacent to an activating group) is 1. The molecule has 2 rings (SSSR count). The molecule has 27 heavy (non-hydrogen) atoms. The number of anilines is 1. The van der Waals surface area contributed by atoms with Gasteiger partial charge in [0.05, 0.1) is 19.7 Å². The molecule has 4 atom stereocenters. The molecular formula is C21H33N3O3. The minimum Gasteiger partial charge on any atom is -0.497 e. The number of rotatable bonds is 7. The molecule has 1 fully saturated rings. The molecule has 1 aromatic rings. The van der Waals surface area contributed by atoms with E-state index >= 15 is 0 Å². The molecule has 1 aliphatic rings. The first-order valence-electron chi connectivity index (χ1n) is 9.76. The van der Waals surface area contributed by atoms with Crippen LogP contribution in [0.3, 0.4) is 0 Å². The third-order valence-electron chi connectivity index (χ3n) is 5.82. The van der Waals surface area contributed by atoms with Crippen molar-refractivity contribution in [2.24, 2.45) is 11.8 Å². The van der Waals surface area contributed by atoms with Crippen LogP contribution in [0.4, 0.5) is 5.69 Å². The van der Waals surface area contributed by atoms with E-state index in [9.17, 15) is 9.59 Å². The van der Waals surface area contributed by atoms with Crippen molar-refractivity contribution in [3.8, 4) is 5.75 Å². The molecule has 1 aromatic carbocycles. The van der Waals surface area contributed by atoms with Gasteiger partial charge in [0.2, 0.25) is 11.8 Å². The van der Waals surface area contributed by atoms with Crippen molar-refractivity contribution in [2.75, 3.05) is 26.0 Å². The molecule has 1 saturated carbocycles. The maximum absolute atomic E-state index is 12.6. The molecule has 0 radical (unpaired) electrons. The van der Waals surface area contributed by atoms with E-state index in [1.807, 2.05) is 25.1 Å². The van der Waals surface area contributed by atoms with Crippen LogP contribution in [0.1, 0.15) is 40.0 Å². The van der Waals surface area contributed by atoms with Gasteiger partial charge in [0.1, 0.15) is 5.75 Å². The van der Waals surface area contributed by atoms with E-state index in [1.54, 1.807) is 25.1 Å². The summed E-state index contributed by atoms with van der Waals surface area (Å²) in [6, 6.07) is 7.07. The lowest BCUT2D eigenvalue weighted by Gasteiger charge is -2.36. The zero-order valence-electron chi connectivity index (χ0n) is 17.1. The summed E-state index contributed by atoms with van der Waals surface area (Å²) < 4.78 is 5.16. The fourth-order valence-corrected chi connectivity index (χ4v) is 3.55. The summed E-state index contributed by atoms with van der Waals surface area (Å²) in [5, 5.41) is 6.03. The quantitative estimate of drug-likeness (QED) is 0.769. The standard InChI is InChI=1S/C21H33N3O3/c1-14-8-6-11-19(15(14)2)23-21(26)16(3)24(4)13-20(25)22-17-9-7-10-18(12-17)27-5/h7,9-10,12,14-16,19H,6,8,11,13H2,1-5H3,(H,22,25)(H,23,26)/t14-,15+,16+,19+/m0/s1. The maximum atomic E-state index is 12.6. The largest absolute Gasteiger partial charge is 0.497 e. The molecular weight excluding hydrogens is 342 g/mol. The average Bonchev–Trinajstić information content (AvgIpc) is 2.64. The lowest BCUT2D eigenvalue weighted by molar-refractivity contribution is -0.127. The molecule has 0 saturated heterocycles. The summed E-state index contributed by atoms with van der Waals surface area (Å²) >= 11 is 0. The molecule has 1 aliphatic carbocycles. The monoisotopic (exact) mass is 375 g/mol. The van der Waals surface area contributed by atoms with Crippen molar-refractivity contribution in [3.63, 3.8) is 0 Å². The SMILES string of the molecule is COc1cccc(NC(=O)CN(C)[C@H](C)C(=O)N[C@@H]2CCC[C@H](C)[C@H]2C)c1. The average molecular weight is 376 g/mol. The summed E-state index contributed by atoms with van der Waals surface area (Å²) in [4.78, 5) is 26.7. The Hall–Kier alpha value is -2.08. The van der Waals surface area contributed by atoms with Crippen LogP contribution in [-0.2, 0) is 9.59 Å². The molecule has 6 heteroatoms. The number of amides is 2. The van der Waals surface area contributed by atoms with Gasteiger partial charge in [0.25, 0.3) is 0 Å². The zero-order chi connectivity index (χ0) is 20.0. The van der Waals surface area contributed by atoms with Crippen molar-refractivity contribution in [1.29, 1.82) is 0 Å². The van der Waals surface area contributed by atoms with Gasteiger partial charge < -0.3 is 15.4 Å². The summed E-state index contributed by atoms with van der Waals surface area (Å²) in [5.41, 5.74) is 0.676. The van der Waals surface area contributed by atoms with E-state index in [-0.39, 0.29) is 30.4 Å². The van der Waals surface area contributed by atoms with Gasteiger partial charge in [-0.2, -0.15) is 0 Å². The first-order chi connectivity index (χ1) is 12.8. The predicted octanol–water partition coefficient (Wildman–Crippen LogP) is 2.89. The van der Waals surface area contributed by atoms with Crippen LogP contribution in [0.5, 0.6) is 5.75 Å². The number of carbonyl (C=O) groups excluding carboxylic acids is 2. The van der Waals surface area contributed by atoms with Crippen molar-refractivity contribution < 1.29 is 14.3 Å². The number of nitrogens with one attached hydrogen (secondary N) is 2. The fourth-order valence-electron chi connectivity index (χ4n) is 3.55. The summed E-state index contributed by atoms with van der Waals surface area (Å²) in [6.45, 7) is 6.44. The number of methoxy groups -OCH3 is 1. The Bertz CT molecular complexity index is 649. The molecule has 2 N–H and O–H groups in total. The van der Waals surface area contributed by atoms with Gasteiger partial charge in [0, 0.05) is 17.8 Å². The van der Waals surface area contributed by atoms with Crippen LogP contribution >= 0.6 is 0 Å². The first-order valence-corrected chi connectivity index (χ1v) is 9.76. The van der Waals surface area contributed by atoms with Gasteiger partial charge >= 0.3 is 0 Å². The van der Waals surface area contributed by atoms with Gasteiger partial charge in [-0.05, 0) is 44.4 Å². The van der Waals surface area contributed by atoms with Crippen LogP contribution < -0.4 is 15.4 Å². The zero-order valence-corrected chi connectivity index (χ0v) is 17.1. The lowest BCUT2D eigenvalue weighted by atomic mass is 9.78. The van der Waals surface area contributed by atoms with E-state index in [4.69, 9.17) is 4.74 Å². The summed E-state index contributed by atoms with van der Waals surface area (Å²) in [7, 11) is 3.38. The van der Waals surface area contributed by atoms with Crippen LogP contribution in [-0.4, -0.2) is 49.5 Å². The molecule has 0 unspecified atom stereocenters. The second kappa shape index (κ2) is 9.74. The minimum atomic E-state index is -0.370. The molecule has 0 bridgehead atoms. The Morgan fingerprint density at radius 2 is 2.04 bits per heavy atom. The second-order valence-corrected chi connectivity index (χ2v) is 7.75. The first kappa shape index (κ1) is 21.2. The fraction of sp³-hybridized carbons (Fsp3) is 0.619. The van der Waals surface area contributed by atoms with Crippen molar-refractivity contribution in [2.45, 2.75) is 52.1 Å². The molecule has 6 nitrogen and oxygen atoms in total. The normalized spacial score (nSPS) is 23.6. The molecule has 0 aliphatic heterocycles. The highest BCUT2D eigenvalue weighted by Gasteiger charge is 2.30. The van der Waals surface area contributed by atoms with Gasteiger partial charge in [0.15, 0.2) is 0 Å². The van der Waals surface area contributed by atoms with E-state index < -0.39 is 0 Å². The Labute approximate surface area is 162 Å². The second-order valence-electron chi connectivity index (χ2n) is 7.75. The third-order valence-corrected chi connectivity index (χ3v) is 5.82. The molecule has 150 valence electrons. The molecule has 0 spiro atoms. The van der Waals surface area contributed by atoms with Gasteiger partial charge in [-0.1, -0.05) is 32.8 Å². The highest BCUT2D eigenvalue weighted by atomic mass is 16.5. The van der Waals surface area contributed by atoms with Crippen LogP contribution in [0.25, 0.3) is 0 Å². The Morgan fingerprint density at radius 1 is 1.30 bits per heavy atom. The van der Waals surface area contributed by atoms with Gasteiger partial charge in [-0.3, -0.25) is 14.5 Å². The van der Waals surface area contributed by atoms with Crippen LogP contribution in [0.2, 0.25) is 0 Å². The maximum Gasteiger partial charge on any atom is 0.238 e. The van der Waals surface area contributed by atoms with Crippen LogP contribution in [0.15, 0.2) is 24.3 Å². The van der Waals surface area contributed by atoms with Crippen molar-refractivity contribution in [3.05, 3.63) is 24.3 Å². The molecule has 0 aromatic heterocycles. The summed E-state index contributed by atoms with van der Waals surface area (Å²) in [6.07, 6.45) is 3.42. The van der Waals surface area contributed by atoms with Crippen LogP contribution in [0, 0.1) is 11.8 Å². The van der Waals surface area contributed by atoms with E-state index in [1.165, 1.54) is 6.42 Å². The highest BCUT2D eigenvalue weighted by molar-refractivity contribution is 5.93. The lowest BCUT2D eigenvalue weighted by Crippen LogP contribution is -2.51. The van der Waals surface area contributed by atoms with Crippen molar-refractivity contribution in [1.82, 2.24) is 10.2 Å². The third kappa shape index (κ3) is 5.96. The number of ether oxygens (including phenoxy) is 1. The van der Waals surface area contributed by atoms with E-state index in [0.29, 0.717) is 23.3 Å². The van der Waals surface area contributed by atoms with E-state index in [2.05, 4.69) is 24.5 Å². The Kier molecular flexibility index (Phi) is 7.66. The summed E-state index contributed by atoms with van der Waals surface area (Å²) in [5.74, 6) is 1.62. The number of hydrogen-bond acceptors (Lipinski definition) is 4. The Balaban J connectivity index is 1.85. The van der Waals surface area contributed by atoms with Crippen molar-refractivity contribution >= 4 is 17.5 Å². The number of hydrogen-bond donors (Lipinski definition) is 2. The highest BCUT2D eigenvalue weighted by Crippen LogP contribution is 2.29. The Morgan fingerprint density at radius 3 is 2.74 bits per heavy atom. The molecule has 2 amide bonds. The predicted molar refractivity (Wildman–Crippen MR) is 108 cm³/mol. The van der Waals surface area contributed by atoms with E-state index in [0.717, 1.165) is 12.8 Å². The van der Waals surface area contributed by atoms with Gasteiger partial charge in [-0.15, -0.1) is 0 Å².